The minimum Gasteiger partial charge on any atom is -0.479 e. The Morgan fingerprint density at radius 1 is 1.06 bits per heavy atom. The lowest BCUT2D eigenvalue weighted by atomic mass is 10.2. The Hall–Kier alpha value is -2.57. The average Bonchev–Trinajstić information content (AvgIpc) is 2.34. The van der Waals surface area contributed by atoms with Crippen LogP contribution in [-0.4, -0.2) is 41.7 Å². The number of ether oxygens (including phenoxy) is 2. The van der Waals surface area contributed by atoms with Crippen LogP contribution >= 0.6 is 0 Å². The van der Waals surface area contributed by atoms with Gasteiger partial charge in [0.1, 0.15) is 6.29 Å². The summed E-state index contributed by atoms with van der Waals surface area (Å²) in [4.78, 5) is 31.3. The van der Waals surface area contributed by atoms with Crippen LogP contribution in [-0.2, 0) is 9.59 Å². The smallest absolute Gasteiger partial charge is 0.341 e. The van der Waals surface area contributed by atoms with Gasteiger partial charge in [-0.2, -0.15) is 0 Å². The van der Waals surface area contributed by atoms with E-state index < -0.39 is 25.2 Å². The van der Waals surface area contributed by atoms with Gasteiger partial charge < -0.3 is 19.7 Å². The third-order valence-electron chi connectivity index (χ3n) is 1.81. The third kappa shape index (κ3) is 4.12. The van der Waals surface area contributed by atoms with Crippen LogP contribution < -0.4 is 9.47 Å². The second-order valence-corrected chi connectivity index (χ2v) is 3.19. The summed E-state index contributed by atoms with van der Waals surface area (Å²) >= 11 is 0. The molecule has 0 unspecified atom stereocenters. The van der Waals surface area contributed by atoms with Crippen molar-refractivity contribution in [2.45, 2.75) is 0 Å². The van der Waals surface area contributed by atoms with Gasteiger partial charge in [0.05, 0.1) is 0 Å². The van der Waals surface area contributed by atoms with Crippen molar-refractivity contribution in [3.05, 3.63) is 23.8 Å². The standard InChI is InChI=1S/C11H10O7/c12-4-7-1-2-8(17-5-10(13)14)9(3-7)18-6-11(15)16/h1-4H,5-6H2,(H,13,14)(H,15,16). The molecule has 0 bridgehead atoms. The summed E-state index contributed by atoms with van der Waals surface area (Å²) < 4.78 is 9.79. The molecule has 0 saturated heterocycles. The number of carboxylic acids is 2. The molecule has 0 radical (unpaired) electrons. The van der Waals surface area contributed by atoms with Gasteiger partial charge in [0.15, 0.2) is 24.7 Å². The number of aliphatic carboxylic acids is 2. The molecule has 7 heteroatoms. The summed E-state index contributed by atoms with van der Waals surface area (Å²) in [5.41, 5.74) is 0.262. The second-order valence-electron chi connectivity index (χ2n) is 3.19. The molecule has 0 heterocycles. The fourth-order valence-electron chi connectivity index (χ4n) is 1.11. The molecule has 0 saturated carbocycles. The van der Waals surface area contributed by atoms with Crippen molar-refractivity contribution in [3.8, 4) is 11.5 Å². The fraction of sp³-hybridized carbons (Fsp3) is 0.182. The largest absolute Gasteiger partial charge is 0.479 e. The molecule has 0 spiro atoms. The summed E-state index contributed by atoms with van der Waals surface area (Å²) in [6, 6.07) is 4.01. The highest BCUT2D eigenvalue weighted by Gasteiger charge is 2.10. The Labute approximate surface area is 102 Å². The maximum atomic E-state index is 10.6. The lowest BCUT2D eigenvalue weighted by Gasteiger charge is -2.10. The topological polar surface area (TPSA) is 110 Å². The molecule has 0 aromatic heterocycles. The zero-order valence-corrected chi connectivity index (χ0v) is 9.16. The summed E-state index contributed by atoms with van der Waals surface area (Å²) in [6.45, 7) is -1.21. The molecule has 7 nitrogen and oxygen atoms in total. The molecule has 96 valence electrons. The van der Waals surface area contributed by atoms with E-state index in [1.165, 1.54) is 18.2 Å². The number of hydrogen-bond donors (Lipinski definition) is 2. The minimum absolute atomic E-state index is 0.00301. The fourth-order valence-corrected chi connectivity index (χ4v) is 1.11. The van der Waals surface area contributed by atoms with E-state index in [0.29, 0.717) is 6.29 Å². The zero-order valence-electron chi connectivity index (χ0n) is 9.16. The molecule has 0 fully saturated rings. The summed E-state index contributed by atoms with van der Waals surface area (Å²) in [7, 11) is 0. The van der Waals surface area contributed by atoms with Crippen LogP contribution in [0.5, 0.6) is 11.5 Å². The Kier molecular flexibility index (Phi) is 4.67. The average molecular weight is 254 g/mol. The molecule has 1 aromatic rings. The minimum atomic E-state index is -1.20. The zero-order chi connectivity index (χ0) is 13.5. The quantitative estimate of drug-likeness (QED) is 0.678. The lowest BCUT2D eigenvalue weighted by molar-refractivity contribution is -0.140. The number of benzene rings is 1. The van der Waals surface area contributed by atoms with Gasteiger partial charge in [-0.15, -0.1) is 0 Å². The van der Waals surface area contributed by atoms with E-state index in [1.807, 2.05) is 0 Å². The molecule has 2 N–H and O–H groups in total. The lowest BCUT2D eigenvalue weighted by Crippen LogP contribution is -2.13. The first-order valence-corrected chi connectivity index (χ1v) is 4.81. The van der Waals surface area contributed by atoms with Gasteiger partial charge in [-0.05, 0) is 18.2 Å². The maximum Gasteiger partial charge on any atom is 0.341 e. The van der Waals surface area contributed by atoms with Gasteiger partial charge in [-0.1, -0.05) is 0 Å². The number of rotatable bonds is 7. The molecule has 0 amide bonds. The molecule has 0 aliphatic rings. The van der Waals surface area contributed by atoms with Crippen molar-refractivity contribution in [3.63, 3.8) is 0 Å². The van der Waals surface area contributed by atoms with Crippen LogP contribution in [0.25, 0.3) is 0 Å². The molecule has 0 atom stereocenters. The summed E-state index contributed by atoms with van der Waals surface area (Å²) in [5, 5.41) is 16.9. The third-order valence-corrected chi connectivity index (χ3v) is 1.81. The van der Waals surface area contributed by atoms with E-state index in [1.54, 1.807) is 0 Å². The first kappa shape index (κ1) is 13.5. The molecule has 1 rings (SSSR count). The van der Waals surface area contributed by atoms with Crippen LogP contribution in [0.3, 0.4) is 0 Å². The number of carbonyl (C=O) groups excluding carboxylic acids is 1. The Bertz CT molecular complexity index is 466. The van der Waals surface area contributed by atoms with E-state index in [2.05, 4.69) is 0 Å². The molecular weight excluding hydrogens is 244 g/mol. The number of carbonyl (C=O) groups is 3. The van der Waals surface area contributed by atoms with Gasteiger partial charge >= 0.3 is 11.9 Å². The van der Waals surface area contributed by atoms with Gasteiger partial charge in [-0.3, -0.25) is 4.79 Å². The highest BCUT2D eigenvalue weighted by molar-refractivity contribution is 5.77. The van der Waals surface area contributed by atoms with Crippen molar-refractivity contribution in [2.24, 2.45) is 0 Å². The first-order chi connectivity index (χ1) is 8.52. The first-order valence-electron chi connectivity index (χ1n) is 4.81. The maximum absolute atomic E-state index is 10.6. The van der Waals surface area contributed by atoms with E-state index in [-0.39, 0.29) is 17.1 Å². The predicted octanol–water partition coefficient (Wildman–Crippen LogP) is 0.426. The van der Waals surface area contributed by atoms with Crippen LogP contribution in [0, 0.1) is 0 Å². The number of aldehydes is 1. The van der Waals surface area contributed by atoms with E-state index >= 15 is 0 Å². The number of hydrogen-bond acceptors (Lipinski definition) is 5. The van der Waals surface area contributed by atoms with E-state index in [4.69, 9.17) is 19.7 Å². The van der Waals surface area contributed by atoms with Gasteiger partial charge in [0.25, 0.3) is 0 Å². The van der Waals surface area contributed by atoms with Gasteiger partial charge in [0.2, 0.25) is 0 Å². The van der Waals surface area contributed by atoms with Crippen LogP contribution in [0.15, 0.2) is 18.2 Å². The Balaban J connectivity index is 2.88. The molecule has 0 aliphatic carbocycles. The van der Waals surface area contributed by atoms with Crippen molar-refractivity contribution >= 4 is 18.2 Å². The summed E-state index contributed by atoms with van der Waals surface area (Å²) in [5.74, 6) is -2.32. The van der Waals surface area contributed by atoms with E-state index in [0.717, 1.165) is 0 Å². The molecule has 1 aromatic carbocycles. The number of carboxylic acid groups (broad SMARTS) is 2. The SMILES string of the molecule is O=Cc1ccc(OCC(=O)O)c(OCC(=O)O)c1. The monoisotopic (exact) mass is 254 g/mol. The normalized spacial score (nSPS) is 9.56. The van der Waals surface area contributed by atoms with Crippen LogP contribution in [0.2, 0.25) is 0 Å². The highest BCUT2D eigenvalue weighted by atomic mass is 16.5. The van der Waals surface area contributed by atoms with Crippen LogP contribution in [0.1, 0.15) is 10.4 Å². The Morgan fingerprint density at radius 3 is 2.11 bits per heavy atom. The van der Waals surface area contributed by atoms with E-state index in [9.17, 15) is 14.4 Å². The van der Waals surface area contributed by atoms with Crippen molar-refractivity contribution < 1.29 is 34.1 Å². The van der Waals surface area contributed by atoms with Crippen LogP contribution in [0.4, 0.5) is 0 Å². The highest BCUT2D eigenvalue weighted by Crippen LogP contribution is 2.27. The molecule has 18 heavy (non-hydrogen) atoms. The van der Waals surface area contributed by atoms with Crippen molar-refractivity contribution in [1.82, 2.24) is 0 Å². The van der Waals surface area contributed by atoms with Crippen molar-refractivity contribution in [2.75, 3.05) is 13.2 Å². The predicted molar refractivity (Wildman–Crippen MR) is 58.1 cm³/mol. The second kappa shape index (κ2) is 6.24. The van der Waals surface area contributed by atoms with Gasteiger partial charge in [0, 0.05) is 5.56 Å². The molecule has 0 aliphatic heterocycles. The van der Waals surface area contributed by atoms with Crippen molar-refractivity contribution in [1.29, 1.82) is 0 Å². The van der Waals surface area contributed by atoms with Gasteiger partial charge in [-0.25, -0.2) is 9.59 Å². The molecular formula is C11H10O7. The Morgan fingerprint density at radius 2 is 1.61 bits per heavy atom. The summed E-state index contributed by atoms with van der Waals surface area (Å²) in [6.07, 6.45) is 0.550.